The lowest BCUT2D eigenvalue weighted by Gasteiger charge is -2.32. The lowest BCUT2D eigenvalue weighted by molar-refractivity contribution is -0.364. The molecular formula is C16H17N6S2+. The van der Waals surface area contributed by atoms with Gasteiger partial charge in [-0.3, -0.25) is 4.90 Å². The van der Waals surface area contributed by atoms with Gasteiger partial charge in [0.2, 0.25) is 0 Å². The number of hydrogen-bond acceptors (Lipinski definition) is 5. The molecule has 0 bridgehead atoms. The van der Waals surface area contributed by atoms with Crippen molar-refractivity contribution in [3.63, 3.8) is 0 Å². The molecule has 2 N–H and O–H groups in total. The zero-order valence-electron chi connectivity index (χ0n) is 13.0. The fraction of sp³-hybridized carbons (Fsp3) is 0.250. The maximum atomic E-state index is 5.57. The van der Waals surface area contributed by atoms with Gasteiger partial charge in [0.25, 0.3) is 5.82 Å². The molecule has 6 nitrogen and oxygen atoms in total. The zero-order chi connectivity index (χ0) is 16.4. The number of aromatic amines is 1. The molecule has 1 fully saturated rings. The Morgan fingerprint density at radius 2 is 2.04 bits per heavy atom. The summed E-state index contributed by atoms with van der Waals surface area (Å²) >= 11 is 6.97. The van der Waals surface area contributed by atoms with E-state index in [9.17, 15) is 0 Å². The van der Waals surface area contributed by atoms with Crippen LogP contribution in [0.25, 0.3) is 10.2 Å². The number of anilines is 2. The van der Waals surface area contributed by atoms with Crippen molar-refractivity contribution in [1.29, 1.82) is 0 Å². The Kier molecular flexibility index (Phi) is 4.22. The Bertz CT molecular complexity index is 842. The first-order valence-electron chi connectivity index (χ1n) is 7.79. The van der Waals surface area contributed by atoms with Crippen LogP contribution in [0.1, 0.15) is 0 Å². The summed E-state index contributed by atoms with van der Waals surface area (Å²) in [6.45, 7) is 3.68. The smallest absolute Gasteiger partial charge is 0.274 e. The highest BCUT2D eigenvalue weighted by Crippen LogP contribution is 2.20. The molecule has 3 heterocycles. The fourth-order valence-corrected chi connectivity index (χ4v) is 3.63. The van der Waals surface area contributed by atoms with Crippen LogP contribution in [0, 0.1) is 0 Å². The summed E-state index contributed by atoms with van der Waals surface area (Å²) < 4.78 is 5.04. The van der Waals surface area contributed by atoms with E-state index in [2.05, 4.69) is 35.8 Å². The number of nitrogens with zero attached hydrogens (tertiary/aromatic N) is 4. The predicted octanol–water partition coefficient (Wildman–Crippen LogP) is 2.02. The summed E-state index contributed by atoms with van der Waals surface area (Å²) in [4.78, 5) is 7.83. The van der Waals surface area contributed by atoms with Gasteiger partial charge in [0.15, 0.2) is 5.11 Å². The number of pyridine rings is 1. The Labute approximate surface area is 149 Å². The second-order valence-corrected chi connectivity index (χ2v) is 6.78. The number of fused-ring (bicyclic) bond motifs is 1. The number of piperazine rings is 1. The Morgan fingerprint density at radius 3 is 2.83 bits per heavy atom. The van der Waals surface area contributed by atoms with E-state index in [1.54, 1.807) is 0 Å². The lowest BCUT2D eigenvalue weighted by atomic mass is 10.3. The van der Waals surface area contributed by atoms with Gasteiger partial charge in [-0.15, -0.1) is 5.10 Å². The van der Waals surface area contributed by atoms with Crippen LogP contribution in [0.4, 0.5) is 11.5 Å². The summed E-state index contributed by atoms with van der Waals surface area (Å²) in [6.07, 6.45) is 1.96. The first kappa shape index (κ1) is 15.2. The molecule has 2 aromatic heterocycles. The Morgan fingerprint density at radius 1 is 1.17 bits per heavy atom. The van der Waals surface area contributed by atoms with E-state index in [1.807, 2.05) is 36.5 Å². The summed E-state index contributed by atoms with van der Waals surface area (Å²) in [5.74, 6) is 1.15. The molecule has 8 heteroatoms. The van der Waals surface area contributed by atoms with Crippen LogP contribution in [0.2, 0.25) is 0 Å². The van der Waals surface area contributed by atoms with Gasteiger partial charge in [0.05, 0.1) is 24.0 Å². The maximum Gasteiger partial charge on any atom is 0.274 e. The lowest BCUT2D eigenvalue weighted by Crippen LogP contribution is -2.51. The maximum absolute atomic E-state index is 5.57. The van der Waals surface area contributed by atoms with Gasteiger partial charge in [-0.2, -0.15) is 0 Å². The van der Waals surface area contributed by atoms with Crippen molar-refractivity contribution in [1.82, 2.24) is 14.5 Å². The van der Waals surface area contributed by atoms with Crippen molar-refractivity contribution in [3.05, 3.63) is 42.6 Å². The topological polar surface area (TPSA) is 58.4 Å². The summed E-state index contributed by atoms with van der Waals surface area (Å²) in [6, 6.07) is 12.2. The molecule has 0 atom stereocenters. The normalized spacial score (nSPS) is 14.8. The Balaban J connectivity index is 1.37. The highest BCUT2D eigenvalue weighted by atomic mass is 32.1. The molecule has 1 aromatic carbocycles. The van der Waals surface area contributed by atoms with Gasteiger partial charge < -0.3 is 10.2 Å². The molecule has 0 unspecified atom stereocenters. The van der Waals surface area contributed by atoms with Crippen molar-refractivity contribution in [3.8, 4) is 0 Å². The van der Waals surface area contributed by atoms with Crippen LogP contribution in [-0.2, 0) is 0 Å². The molecule has 3 aromatic rings. The number of nitrogens with one attached hydrogen (secondary N) is 2. The summed E-state index contributed by atoms with van der Waals surface area (Å²) in [5, 5.41) is 8.18. The van der Waals surface area contributed by atoms with Gasteiger partial charge in [0.1, 0.15) is 18.6 Å². The van der Waals surface area contributed by atoms with E-state index in [0.717, 1.165) is 53.0 Å². The van der Waals surface area contributed by atoms with E-state index in [0.29, 0.717) is 0 Å². The van der Waals surface area contributed by atoms with E-state index < -0.39 is 0 Å². The quantitative estimate of drug-likeness (QED) is 0.708. The van der Waals surface area contributed by atoms with Crippen LogP contribution in [0.5, 0.6) is 0 Å². The standard InChI is InChI=1S/C16H16N6S2/c23-16(18-12-4-5-14-13(11-12)19-20-24-14)22-9-7-21(8-10-22)15-3-1-2-6-17-15/h1-6,11H,7-10H2,(H,18,23)/p+1. The Hall–Kier alpha value is -2.32. The predicted molar refractivity (Wildman–Crippen MR) is 100 cm³/mol. The number of hydrogen-bond donors (Lipinski definition) is 1. The van der Waals surface area contributed by atoms with E-state index >= 15 is 0 Å². The molecule has 0 amide bonds. The van der Waals surface area contributed by atoms with Gasteiger partial charge >= 0.3 is 0 Å². The fourth-order valence-electron chi connectivity index (χ4n) is 2.79. The highest BCUT2D eigenvalue weighted by molar-refractivity contribution is 7.80. The van der Waals surface area contributed by atoms with Crippen molar-refractivity contribution in [2.24, 2.45) is 0 Å². The minimum atomic E-state index is 0.759. The van der Waals surface area contributed by atoms with Crippen molar-refractivity contribution in [2.45, 2.75) is 0 Å². The number of thiocarbonyl (C=S) groups is 1. The molecular weight excluding hydrogens is 340 g/mol. The molecule has 0 saturated carbocycles. The second-order valence-electron chi connectivity index (χ2n) is 5.61. The highest BCUT2D eigenvalue weighted by Gasteiger charge is 2.24. The number of benzene rings is 1. The van der Waals surface area contributed by atoms with Crippen LogP contribution >= 0.6 is 23.8 Å². The summed E-state index contributed by atoms with van der Waals surface area (Å²) in [5.41, 5.74) is 1.86. The molecule has 0 radical (unpaired) electrons. The molecule has 24 heavy (non-hydrogen) atoms. The second kappa shape index (κ2) is 6.66. The van der Waals surface area contributed by atoms with Crippen molar-refractivity contribution >= 4 is 50.6 Å². The third-order valence-electron chi connectivity index (χ3n) is 4.10. The van der Waals surface area contributed by atoms with Crippen LogP contribution in [0.15, 0.2) is 42.6 Å². The molecule has 1 saturated heterocycles. The first-order chi connectivity index (χ1) is 11.8. The van der Waals surface area contributed by atoms with Crippen LogP contribution in [0.3, 0.4) is 0 Å². The average molecular weight is 357 g/mol. The van der Waals surface area contributed by atoms with Gasteiger partial charge in [-0.1, -0.05) is 10.6 Å². The largest absolute Gasteiger partial charge is 0.341 e. The number of H-pyrrole nitrogens is 1. The molecule has 1 aliphatic rings. The zero-order valence-corrected chi connectivity index (χ0v) is 14.6. The molecule has 1 aliphatic heterocycles. The molecule has 0 aliphatic carbocycles. The van der Waals surface area contributed by atoms with Crippen molar-refractivity contribution < 1.29 is 4.98 Å². The number of rotatable bonds is 2. The SMILES string of the molecule is S=C(Nc1ccc2snnc2c1)N1CCN(c2cccc[nH+]2)CC1. The first-order valence-corrected chi connectivity index (χ1v) is 8.97. The monoisotopic (exact) mass is 357 g/mol. The molecule has 0 spiro atoms. The van der Waals surface area contributed by atoms with Crippen LogP contribution in [-0.4, -0.2) is 45.8 Å². The van der Waals surface area contributed by atoms with Gasteiger partial charge in [0, 0.05) is 11.8 Å². The summed E-state index contributed by atoms with van der Waals surface area (Å²) in [7, 11) is 0. The van der Waals surface area contributed by atoms with E-state index in [-0.39, 0.29) is 0 Å². The van der Waals surface area contributed by atoms with Gasteiger partial charge in [-0.25, -0.2) is 4.98 Å². The third-order valence-corrected chi connectivity index (χ3v) is 5.16. The van der Waals surface area contributed by atoms with E-state index in [4.69, 9.17) is 12.2 Å². The van der Waals surface area contributed by atoms with Crippen molar-refractivity contribution in [2.75, 3.05) is 36.4 Å². The minimum absolute atomic E-state index is 0.759. The minimum Gasteiger partial charge on any atom is -0.341 e. The van der Waals surface area contributed by atoms with E-state index in [1.165, 1.54) is 11.5 Å². The van der Waals surface area contributed by atoms with Gasteiger partial charge in [-0.05, 0) is 48.0 Å². The molecule has 122 valence electrons. The third kappa shape index (κ3) is 3.15. The average Bonchev–Trinajstić information content (AvgIpc) is 3.10. The number of aromatic nitrogens is 3. The van der Waals surface area contributed by atoms with Crippen LogP contribution < -0.4 is 15.2 Å². The molecule has 4 rings (SSSR count).